The number of aryl methyl sites for hydroxylation is 2. The molecule has 5 rings (SSSR count). The fraction of sp³-hybridized carbons (Fsp3) is 0.129. The van der Waals surface area contributed by atoms with E-state index in [4.69, 9.17) is 6.57 Å². The molecule has 10 heteroatoms. The van der Waals surface area contributed by atoms with E-state index in [2.05, 4.69) is 15.1 Å². The lowest BCUT2D eigenvalue weighted by atomic mass is 10.0. The molecule has 41 heavy (non-hydrogen) atoms. The van der Waals surface area contributed by atoms with Crippen molar-refractivity contribution in [3.8, 4) is 11.3 Å². The van der Waals surface area contributed by atoms with Crippen LogP contribution in [0.5, 0.6) is 0 Å². The van der Waals surface area contributed by atoms with Gasteiger partial charge in [0.25, 0.3) is 11.2 Å². The molecule has 3 N–H and O–H groups in total. The minimum Gasteiger partial charge on any atom is -0.477 e. The molecule has 2 aromatic heterocycles. The third-order valence-corrected chi connectivity index (χ3v) is 6.84. The van der Waals surface area contributed by atoms with Crippen LogP contribution in [-0.4, -0.2) is 20.6 Å². The molecule has 0 fully saturated rings. The van der Waals surface area contributed by atoms with Crippen LogP contribution < -0.4 is 10.9 Å². The lowest BCUT2D eigenvalue weighted by Crippen LogP contribution is -2.25. The number of nitrogens with one attached hydrogen (secondary N) is 2. The molecule has 5 aromatic rings. The second kappa shape index (κ2) is 10.4. The maximum absolute atomic E-state index is 13.9. The summed E-state index contributed by atoms with van der Waals surface area (Å²) in [6.45, 7) is 11.1. The SMILES string of the molecule is [C-]#[N+]c1c(C(F)(F)F)cc(-c2ccc(Nc3ccc4[nH]c(C(=O)O)cc4c3)cc2)n(Cc2ccc(C)cc2C)c1=O. The highest BCUT2D eigenvalue weighted by atomic mass is 19.4. The maximum Gasteiger partial charge on any atom is 0.407 e. The van der Waals surface area contributed by atoms with Gasteiger partial charge in [-0.1, -0.05) is 35.9 Å². The van der Waals surface area contributed by atoms with Gasteiger partial charge in [0.2, 0.25) is 0 Å². The molecule has 0 saturated carbocycles. The molecule has 7 nitrogen and oxygen atoms in total. The number of aromatic amines is 1. The molecule has 0 saturated heterocycles. The van der Waals surface area contributed by atoms with Gasteiger partial charge in [-0.15, -0.1) is 0 Å². The van der Waals surface area contributed by atoms with Crippen LogP contribution in [0.15, 0.2) is 77.6 Å². The summed E-state index contributed by atoms with van der Waals surface area (Å²) in [5.41, 5.74) is 1.82. The van der Waals surface area contributed by atoms with Crippen molar-refractivity contribution in [1.29, 1.82) is 0 Å². The number of fused-ring (bicyclic) bond motifs is 1. The molecule has 0 aliphatic carbocycles. The van der Waals surface area contributed by atoms with Gasteiger partial charge in [0, 0.05) is 28.0 Å². The van der Waals surface area contributed by atoms with E-state index in [1.165, 1.54) is 10.6 Å². The molecule has 0 amide bonds. The zero-order valence-corrected chi connectivity index (χ0v) is 21.9. The molecule has 0 aliphatic heterocycles. The minimum absolute atomic E-state index is 0.00402. The summed E-state index contributed by atoms with van der Waals surface area (Å²) in [7, 11) is 0. The summed E-state index contributed by atoms with van der Waals surface area (Å²) in [5, 5.41) is 13.1. The van der Waals surface area contributed by atoms with E-state index in [9.17, 15) is 27.9 Å². The molecule has 0 aliphatic rings. The number of H-pyrrole nitrogens is 1. The number of aromatic nitrogens is 2. The Kier molecular flexibility index (Phi) is 6.89. The van der Waals surface area contributed by atoms with Crippen molar-refractivity contribution in [3.05, 3.63) is 123 Å². The summed E-state index contributed by atoms with van der Waals surface area (Å²) < 4.78 is 42.9. The van der Waals surface area contributed by atoms with Crippen LogP contribution in [0.2, 0.25) is 0 Å². The Bertz CT molecular complexity index is 1910. The summed E-state index contributed by atoms with van der Waals surface area (Å²) in [6.07, 6.45) is -4.88. The first-order chi connectivity index (χ1) is 19.4. The van der Waals surface area contributed by atoms with Crippen molar-refractivity contribution in [2.45, 2.75) is 26.6 Å². The highest BCUT2D eigenvalue weighted by Crippen LogP contribution is 2.37. The number of aromatic carboxylic acids is 1. The lowest BCUT2D eigenvalue weighted by Gasteiger charge is -2.19. The van der Waals surface area contributed by atoms with E-state index in [0.717, 1.165) is 22.8 Å². The smallest absolute Gasteiger partial charge is 0.407 e. The monoisotopic (exact) mass is 556 g/mol. The number of carbonyl (C=O) groups is 1. The fourth-order valence-corrected chi connectivity index (χ4v) is 4.77. The second-order valence-electron chi connectivity index (χ2n) is 9.72. The van der Waals surface area contributed by atoms with E-state index >= 15 is 0 Å². The van der Waals surface area contributed by atoms with Crippen molar-refractivity contribution in [3.63, 3.8) is 0 Å². The van der Waals surface area contributed by atoms with Crippen LogP contribution in [0, 0.1) is 20.4 Å². The topological polar surface area (TPSA) is 91.5 Å². The zero-order chi connectivity index (χ0) is 29.5. The van der Waals surface area contributed by atoms with Gasteiger partial charge in [-0.05, 0) is 73.0 Å². The number of alkyl halides is 3. The quantitative estimate of drug-likeness (QED) is 0.187. The van der Waals surface area contributed by atoms with Gasteiger partial charge in [0.15, 0.2) is 0 Å². The number of hydrogen-bond donors (Lipinski definition) is 3. The highest BCUT2D eigenvalue weighted by Gasteiger charge is 2.36. The highest BCUT2D eigenvalue weighted by molar-refractivity contribution is 5.95. The molecule has 206 valence electrons. The number of pyridine rings is 1. The van der Waals surface area contributed by atoms with Crippen LogP contribution in [0.25, 0.3) is 27.0 Å². The van der Waals surface area contributed by atoms with Gasteiger partial charge in [0.1, 0.15) is 5.69 Å². The summed E-state index contributed by atoms with van der Waals surface area (Å²) in [4.78, 5) is 30.3. The van der Waals surface area contributed by atoms with Crippen LogP contribution in [-0.2, 0) is 12.7 Å². The third kappa shape index (κ3) is 5.43. The summed E-state index contributed by atoms with van der Waals surface area (Å²) in [6, 6.07) is 19.8. The van der Waals surface area contributed by atoms with Crippen molar-refractivity contribution >= 4 is 33.9 Å². The molecule has 0 spiro atoms. The standard InChI is InChI=1S/C31H23F3N4O3/c1-17-4-5-20(18(2)12-17)16-38-27(15-24(31(32,33)34)28(35-3)29(38)39)19-6-8-22(9-7-19)36-23-10-11-25-21(13-23)14-26(37-25)30(40)41/h4-15,36-37H,16H2,1-2H3,(H,40,41). The van der Waals surface area contributed by atoms with Crippen molar-refractivity contribution in [2.24, 2.45) is 0 Å². The maximum atomic E-state index is 13.9. The molecule has 0 atom stereocenters. The predicted molar refractivity (Wildman–Crippen MR) is 151 cm³/mol. The van der Waals surface area contributed by atoms with E-state index in [1.54, 1.807) is 42.5 Å². The van der Waals surface area contributed by atoms with Gasteiger partial charge < -0.3 is 20.0 Å². The fourth-order valence-electron chi connectivity index (χ4n) is 4.77. The van der Waals surface area contributed by atoms with Gasteiger partial charge in [0.05, 0.1) is 18.7 Å². The van der Waals surface area contributed by atoms with E-state index in [-0.39, 0.29) is 17.9 Å². The first-order valence-corrected chi connectivity index (χ1v) is 12.5. The number of carboxylic acids is 1. The van der Waals surface area contributed by atoms with Crippen LogP contribution in [0.1, 0.15) is 32.7 Å². The first kappa shape index (κ1) is 27.3. The van der Waals surface area contributed by atoms with Gasteiger partial charge in [-0.3, -0.25) is 4.79 Å². The predicted octanol–water partition coefficient (Wildman–Crippen LogP) is 7.67. The van der Waals surface area contributed by atoms with Crippen molar-refractivity contribution < 1.29 is 23.1 Å². The molecule has 2 heterocycles. The number of rotatable bonds is 6. The Morgan fingerprint density at radius 1 is 1.00 bits per heavy atom. The molecule has 0 bridgehead atoms. The van der Waals surface area contributed by atoms with Crippen LogP contribution >= 0.6 is 0 Å². The number of nitrogens with zero attached hydrogens (tertiary/aromatic N) is 2. The Morgan fingerprint density at radius 3 is 2.34 bits per heavy atom. The second-order valence-corrected chi connectivity index (χ2v) is 9.72. The number of anilines is 2. The average molecular weight is 557 g/mol. The lowest BCUT2D eigenvalue weighted by molar-refractivity contribution is -0.136. The van der Waals surface area contributed by atoms with E-state index in [1.807, 2.05) is 32.0 Å². The largest absolute Gasteiger partial charge is 0.477 e. The van der Waals surface area contributed by atoms with Crippen molar-refractivity contribution in [1.82, 2.24) is 9.55 Å². The summed E-state index contributed by atoms with van der Waals surface area (Å²) >= 11 is 0. The molecule has 0 radical (unpaired) electrons. The Hall–Kier alpha value is -5.30. The Labute approximate surface area is 232 Å². The van der Waals surface area contributed by atoms with Gasteiger partial charge in [-0.25, -0.2) is 9.64 Å². The molecular formula is C31H23F3N4O3. The number of halogens is 3. The third-order valence-electron chi connectivity index (χ3n) is 6.84. The average Bonchev–Trinajstić information content (AvgIpc) is 3.35. The molecule has 3 aromatic carbocycles. The molecule has 0 unspecified atom stereocenters. The zero-order valence-electron chi connectivity index (χ0n) is 21.9. The van der Waals surface area contributed by atoms with Crippen LogP contribution in [0.3, 0.4) is 0 Å². The number of benzene rings is 3. The van der Waals surface area contributed by atoms with Crippen LogP contribution in [0.4, 0.5) is 30.2 Å². The van der Waals surface area contributed by atoms with Crippen molar-refractivity contribution in [2.75, 3.05) is 5.32 Å². The first-order valence-electron chi connectivity index (χ1n) is 12.5. The van der Waals surface area contributed by atoms with E-state index in [0.29, 0.717) is 27.8 Å². The van der Waals surface area contributed by atoms with Gasteiger partial charge >= 0.3 is 12.1 Å². The normalized spacial score (nSPS) is 11.4. The number of hydrogen-bond acceptors (Lipinski definition) is 3. The number of carboxylic acid groups (broad SMARTS) is 1. The summed E-state index contributed by atoms with van der Waals surface area (Å²) in [5.74, 6) is -1.07. The minimum atomic E-state index is -4.88. The van der Waals surface area contributed by atoms with E-state index < -0.39 is 29.0 Å². The Morgan fingerprint density at radius 2 is 1.71 bits per heavy atom. The van der Waals surface area contributed by atoms with Gasteiger partial charge in [-0.2, -0.15) is 13.2 Å². The molecular weight excluding hydrogens is 533 g/mol. The Balaban J connectivity index is 1.55.